The maximum absolute atomic E-state index is 12.0. The summed E-state index contributed by atoms with van der Waals surface area (Å²) in [5.41, 5.74) is 3.55. The van der Waals surface area contributed by atoms with Crippen LogP contribution in [0, 0.1) is 0 Å². The second-order valence-electron chi connectivity index (χ2n) is 7.12. The van der Waals surface area contributed by atoms with Crippen molar-refractivity contribution in [2.45, 2.75) is 25.2 Å². The summed E-state index contributed by atoms with van der Waals surface area (Å²) < 4.78 is 5.64. The van der Waals surface area contributed by atoms with E-state index in [1.54, 1.807) is 0 Å². The molecule has 0 spiro atoms. The van der Waals surface area contributed by atoms with E-state index in [2.05, 4.69) is 58.7 Å². The SMILES string of the molecule is O=C1N[C@@H](c2ccccc2)[C@@H](CN(Cc2ccccc2)Cc2ccccc2)O1. The molecule has 0 radical (unpaired) electrons. The lowest BCUT2D eigenvalue weighted by atomic mass is 10.0. The summed E-state index contributed by atoms with van der Waals surface area (Å²) in [5, 5.41) is 2.97. The quantitative estimate of drug-likeness (QED) is 0.662. The molecule has 4 nitrogen and oxygen atoms in total. The van der Waals surface area contributed by atoms with Gasteiger partial charge in [-0.1, -0.05) is 91.0 Å². The molecule has 0 saturated carbocycles. The number of rotatable bonds is 7. The largest absolute Gasteiger partial charge is 0.442 e. The highest BCUT2D eigenvalue weighted by Gasteiger charge is 2.36. The fourth-order valence-corrected chi connectivity index (χ4v) is 3.68. The van der Waals surface area contributed by atoms with Crippen LogP contribution in [0.25, 0.3) is 0 Å². The number of ether oxygens (including phenoxy) is 1. The van der Waals surface area contributed by atoms with Crippen molar-refractivity contribution in [1.29, 1.82) is 0 Å². The third-order valence-electron chi connectivity index (χ3n) is 5.00. The van der Waals surface area contributed by atoms with Crippen molar-refractivity contribution < 1.29 is 9.53 Å². The number of nitrogens with zero attached hydrogens (tertiary/aromatic N) is 1. The van der Waals surface area contributed by atoms with Gasteiger partial charge in [-0.05, 0) is 16.7 Å². The minimum atomic E-state index is -0.349. The second kappa shape index (κ2) is 8.72. The number of carbonyl (C=O) groups excluding carboxylic acids is 1. The lowest BCUT2D eigenvalue weighted by molar-refractivity contribution is 0.0907. The van der Waals surface area contributed by atoms with Gasteiger partial charge in [-0.25, -0.2) is 4.79 Å². The molecule has 4 rings (SSSR count). The van der Waals surface area contributed by atoms with Gasteiger partial charge in [0.1, 0.15) is 6.10 Å². The van der Waals surface area contributed by atoms with Crippen molar-refractivity contribution in [1.82, 2.24) is 10.2 Å². The minimum Gasteiger partial charge on any atom is -0.442 e. The molecule has 3 aromatic carbocycles. The Bertz CT molecular complexity index is 843. The van der Waals surface area contributed by atoms with Gasteiger partial charge < -0.3 is 10.1 Å². The molecule has 0 aromatic heterocycles. The van der Waals surface area contributed by atoms with E-state index in [0.717, 1.165) is 18.7 Å². The molecule has 1 saturated heterocycles. The molecule has 0 aliphatic carbocycles. The van der Waals surface area contributed by atoms with Crippen LogP contribution >= 0.6 is 0 Å². The van der Waals surface area contributed by atoms with Crippen molar-refractivity contribution >= 4 is 6.09 Å². The molecule has 1 N–H and O–H groups in total. The molecule has 2 atom stereocenters. The zero-order valence-corrected chi connectivity index (χ0v) is 15.7. The summed E-state index contributed by atoms with van der Waals surface area (Å²) in [7, 11) is 0. The first kappa shape index (κ1) is 18.3. The molecule has 0 unspecified atom stereocenters. The molecule has 1 aliphatic rings. The summed E-state index contributed by atoms with van der Waals surface area (Å²) >= 11 is 0. The van der Waals surface area contributed by atoms with Gasteiger partial charge in [-0.3, -0.25) is 4.90 Å². The molecule has 1 amide bonds. The zero-order valence-electron chi connectivity index (χ0n) is 15.7. The maximum Gasteiger partial charge on any atom is 0.408 e. The Morgan fingerprint density at radius 3 is 1.79 bits per heavy atom. The predicted octanol–water partition coefficient (Wildman–Crippen LogP) is 4.54. The molecule has 1 heterocycles. The maximum atomic E-state index is 12.0. The van der Waals surface area contributed by atoms with Crippen LogP contribution in [-0.4, -0.2) is 23.6 Å². The number of benzene rings is 3. The molecular weight excluding hydrogens is 348 g/mol. The zero-order chi connectivity index (χ0) is 19.2. The first-order chi connectivity index (χ1) is 13.8. The van der Waals surface area contributed by atoms with E-state index >= 15 is 0 Å². The summed E-state index contributed by atoms with van der Waals surface area (Å²) in [4.78, 5) is 14.3. The van der Waals surface area contributed by atoms with Crippen LogP contribution < -0.4 is 5.32 Å². The van der Waals surface area contributed by atoms with E-state index < -0.39 is 0 Å². The van der Waals surface area contributed by atoms with Gasteiger partial charge in [-0.15, -0.1) is 0 Å². The Labute approximate surface area is 165 Å². The van der Waals surface area contributed by atoms with E-state index in [1.165, 1.54) is 11.1 Å². The first-order valence-corrected chi connectivity index (χ1v) is 9.60. The van der Waals surface area contributed by atoms with Crippen molar-refractivity contribution in [3.05, 3.63) is 108 Å². The second-order valence-corrected chi connectivity index (χ2v) is 7.12. The van der Waals surface area contributed by atoms with Crippen molar-refractivity contribution in [3.63, 3.8) is 0 Å². The monoisotopic (exact) mass is 372 g/mol. The van der Waals surface area contributed by atoms with Crippen LogP contribution in [0.2, 0.25) is 0 Å². The van der Waals surface area contributed by atoms with Crippen molar-refractivity contribution in [2.75, 3.05) is 6.54 Å². The Morgan fingerprint density at radius 1 is 0.750 bits per heavy atom. The predicted molar refractivity (Wildman–Crippen MR) is 110 cm³/mol. The summed E-state index contributed by atoms with van der Waals surface area (Å²) in [6.07, 6.45) is -0.583. The average Bonchev–Trinajstić information content (AvgIpc) is 3.10. The van der Waals surface area contributed by atoms with E-state index in [9.17, 15) is 4.79 Å². The van der Waals surface area contributed by atoms with Gasteiger partial charge in [-0.2, -0.15) is 0 Å². The standard InChI is InChI=1S/C24H24N2O2/c27-24-25-23(21-14-8-3-9-15-21)22(28-24)18-26(16-19-10-4-1-5-11-19)17-20-12-6-2-7-13-20/h1-15,22-23H,16-18H2,(H,25,27)/t22-,23+/m1/s1. The number of carbonyl (C=O) groups is 1. The van der Waals surface area contributed by atoms with E-state index in [1.807, 2.05) is 42.5 Å². The van der Waals surface area contributed by atoms with Crippen LogP contribution in [0.5, 0.6) is 0 Å². The van der Waals surface area contributed by atoms with Gasteiger partial charge in [0, 0.05) is 19.6 Å². The smallest absolute Gasteiger partial charge is 0.408 e. The third-order valence-corrected chi connectivity index (χ3v) is 5.00. The fourth-order valence-electron chi connectivity index (χ4n) is 3.68. The fraction of sp³-hybridized carbons (Fsp3) is 0.208. The molecule has 1 fully saturated rings. The summed E-state index contributed by atoms with van der Waals surface area (Å²) in [6.45, 7) is 2.25. The molecule has 1 aliphatic heterocycles. The number of cyclic esters (lactones) is 1. The van der Waals surface area contributed by atoms with E-state index in [0.29, 0.717) is 6.54 Å². The van der Waals surface area contributed by atoms with Crippen molar-refractivity contribution in [3.8, 4) is 0 Å². The first-order valence-electron chi connectivity index (χ1n) is 9.60. The van der Waals surface area contributed by atoms with Crippen LogP contribution in [-0.2, 0) is 17.8 Å². The van der Waals surface area contributed by atoms with Gasteiger partial charge >= 0.3 is 6.09 Å². The molecular formula is C24H24N2O2. The molecule has 3 aromatic rings. The Balaban J connectivity index is 1.54. The number of hydrogen-bond donors (Lipinski definition) is 1. The van der Waals surface area contributed by atoms with Gasteiger partial charge in [0.15, 0.2) is 0 Å². The lowest BCUT2D eigenvalue weighted by Crippen LogP contribution is -2.35. The van der Waals surface area contributed by atoms with E-state index in [-0.39, 0.29) is 18.2 Å². The lowest BCUT2D eigenvalue weighted by Gasteiger charge is -2.27. The highest BCUT2D eigenvalue weighted by molar-refractivity contribution is 5.70. The summed E-state index contributed by atoms with van der Waals surface area (Å²) in [6, 6.07) is 30.7. The van der Waals surface area contributed by atoms with Gasteiger partial charge in [0.2, 0.25) is 0 Å². The topological polar surface area (TPSA) is 41.6 Å². The van der Waals surface area contributed by atoms with Crippen LogP contribution in [0.1, 0.15) is 22.7 Å². The Kier molecular flexibility index (Phi) is 5.69. The number of alkyl carbamates (subject to hydrolysis) is 1. The highest BCUT2D eigenvalue weighted by atomic mass is 16.6. The van der Waals surface area contributed by atoms with Crippen molar-refractivity contribution in [2.24, 2.45) is 0 Å². The van der Waals surface area contributed by atoms with Crippen LogP contribution in [0.4, 0.5) is 4.79 Å². The Morgan fingerprint density at radius 2 is 1.25 bits per heavy atom. The normalized spacial score (nSPS) is 18.7. The number of amides is 1. The molecule has 0 bridgehead atoms. The average molecular weight is 372 g/mol. The van der Waals surface area contributed by atoms with Crippen LogP contribution in [0.3, 0.4) is 0 Å². The highest BCUT2D eigenvalue weighted by Crippen LogP contribution is 2.26. The number of hydrogen-bond acceptors (Lipinski definition) is 3. The molecule has 142 valence electrons. The third kappa shape index (κ3) is 4.59. The summed E-state index contributed by atoms with van der Waals surface area (Å²) in [5.74, 6) is 0. The van der Waals surface area contributed by atoms with Gasteiger partial charge in [0.25, 0.3) is 0 Å². The Hall–Kier alpha value is -3.11. The molecule has 28 heavy (non-hydrogen) atoms. The van der Waals surface area contributed by atoms with Gasteiger partial charge in [0.05, 0.1) is 6.04 Å². The minimum absolute atomic E-state index is 0.136. The number of nitrogens with one attached hydrogen (secondary N) is 1. The molecule has 4 heteroatoms. The van der Waals surface area contributed by atoms with E-state index in [4.69, 9.17) is 4.74 Å². The van der Waals surface area contributed by atoms with Crippen LogP contribution in [0.15, 0.2) is 91.0 Å².